The van der Waals surface area contributed by atoms with Crippen molar-refractivity contribution >= 4 is 27.3 Å². The minimum Gasteiger partial charge on any atom is -0.367 e. The Morgan fingerprint density at radius 3 is 2.06 bits per heavy atom. The summed E-state index contributed by atoms with van der Waals surface area (Å²) in [5.74, 6) is -0.464. The van der Waals surface area contributed by atoms with Gasteiger partial charge in [0.05, 0.1) is 6.04 Å². The molecule has 5 rings (SSSR count). The summed E-state index contributed by atoms with van der Waals surface area (Å²) in [6, 6.07) is 21.8. The number of piperidine rings is 1. The van der Waals surface area contributed by atoms with Gasteiger partial charge in [-0.2, -0.15) is 0 Å². The molecule has 0 unspecified atom stereocenters. The van der Waals surface area contributed by atoms with Crippen LogP contribution >= 0.6 is 15.9 Å². The Bertz CT molecular complexity index is 1040. The van der Waals surface area contributed by atoms with Crippen molar-refractivity contribution in [2.45, 2.75) is 37.6 Å². The molecule has 2 aliphatic heterocycles. The van der Waals surface area contributed by atoms with Gasteiger partial charge in [-0.15, -0.1) is 0 Å². The average molecular weight is 497 g/mol. The molecule has 2 saturated heterocycles. The summed E-state index contributed by atoms with van der Waals surface area (Å²) in [4.78, 5) is 4.02. The molecule has 2 aliphatic rings. The van der Waals surface area contributed by atoms with E-state index in [1.165, 1.54) is 23.3 Å². The van der Waals surface area contributed by atoms with Crippen LogP contribution in [0.25, 0.3) is 0 Å². The summed E-state index contributed by atoms with van der Waals surface area (Å²) in [6.07, 6.45) is 3.81. The molecule has 0 amide bonds. The Balaban J connectivity index is 1.34. The Labute approximate surface area is 197 Å². The highest BCUT2D eigenvalue weighted by molar-refractivity contribution is 9.10. The normalized spacial score (nSPS) is 19.5. The van der Waals surface area contributed by atoms with Gasteiger partial charge in [0.1, 0.15) is 5.69 Å². The van der Waals surface area contributed by atoms with Gasteiger partial charge in [-0.1, -0.05) is 58.4 Å². The van der Waals surface area contributed by atoms with Crippen LogP contribution in [0.1, 0.15) is 48.8 Å². The maximum Gasteiger partial charge on any atom is 0.151 e. The van der Waals surface area contributed by atoms with Crippen molar-refractivity contribution in [3.05, 3.63) is 94.0 Å². The zero-order valence-corrected chi connectivity index (χ0v) is 19.6. The fourth-order valence-electron chi connectivity index (χ4n) is 5.29. The zero-order chi connectivity index (χ0) is 22.1. The van der Waals surface area contributed by atoms with E-state index >= 15 is 8.78 Å². The molecule has 0 bridgehead atoms. The van der Waals surface area contributed by atoms with Gasteiger partial charge >= 0.3 is 0 Å². The average Bonchev–Trinajstić information content (AvgIpc) is 3.30. The zero-order valence-electron chi connectivity index (χ0n) is 18.0. The number of rotatable bonds is 4. The van der Waals surface area contributed by atoms with Crippen molar-refractivity contribution in [3.63, 3.8) is 0 Å². The van der Waals surface area contributed by atoms with Crippen LogP contribution in [-0.4, -0.2) is 19.6 Å². The molecular weight excluding hydrogens is 470 g/mol. The molecule has 0 saturated carbocycles. The van der Waals surface area contributed by atoms with E-state index in [0.717, 1.165) is 36.7 Å². The third kappa shape index (κ3) is 4.27. The van der Waals surface area contributed by atoms with E-state index in [0.29, 0.717) is 24.7 Å². The third-order valence-electron chi connectivity index (χ3n) is 6.92. The van der Waals surface area contributed by atoms with Gasteiger partial charge in [0.25, 0.3) is 0 Å². The minimum atomic E-state index is -0.459. The van der Waals surface area contributed by atoms with Gasteiger partial charge in [-0.25, -0.2) is 8.78 Å². The van der Waals surface area contributed by atoms with E-state index in [4.69, 9.17) is 0 Å². The van der Waals surface area contributed by atoms with Crippen LogP contribution in [0, 0.1) is 11.6 Å². The van der Waals surface area contributed by atoms with Crippen molar-refractivity contribution in [1.29, 1.82) is 0 Å². The molecule has 3 aromatic carbocycles. The van der Waals surface area contributed by atoms with Crippen LogP contribution in [0.2, 0.25) is 0 Å². The lowest BCUT2D eigenvalue weighted by Gasteiger charge is -2.35. The van der Waals surface area contributed by atoms with Gasteiger partial charge in [0.15, 0.2) is 11.6 Å². The molecule has 2 heterocycles. The first kappa shape index (κ1) is 21.4. The second kappa shape index (κ2) is 9.22. The summed E-state index contributed by atoms with van der Waals surface area (Å²) in [6.45, 7) is 2.14. The SMILES string of the molecule is Fc1cc(N2CCC[C@@H]2c2ccc(Br)cc2)cc(F)c1N1CCC(c2ccccc2)CC1. The van der Waals surface area contributed by atoms with Gasteiger partial charge in [-0.3, -0.25) is 0 Å². The summed E-state index contributed by atoms with van der Waals surface area (Å²) >= 11 is 3.48. The Morgan fingerprint density at radius 1 is 0.750 bits per heavy atom. The van der Waals surface area contributed by atoms with E-state index in [9.17, 15) is 0 Å². The van der Waals surface area contributed by atoms with Crippen LogP contribution in [-0.2, 0) is 0 Å². The molecule has 2 nitrogen and oxygen atoms in total. The Hall–Kier alpha value is -2.40. The summed E-state index contributed by atoms with van der Waals surface area (Å²) < 4.78 is 31.5. The fourth-order valence-corrected chi connectivity index (χ4v) is 5.55. The largest absolute Gasteiger partial charge is 0.367 e. The van der Waals surface area contributed by atoms with Crippen LogP contribution in [0.4, 0.5) is 20.2 Å². The first-order valence-corrected chi connectivity index (χ1v) is 12.2. The Kier molecular flexibility index (Phi) is 6.18. The molecule has 5 heteroatoms. The third-order valence-corrected chi connectivity index (χ3v) is 7.45. The van der Waals surface area contributed by atoms with Crippen LogP contribution in [0.5, 0.6) is 0 Å². The van der Waals surface area contributed by atoms with Gasteiger partial charge in [0, 0.05) is 29.8 Å². The lowest BCUT2D eigenvalue weighted by Crippen LogP contribution is -2.34. The summed E-state index contributed by atoms with van der Waals surface area (Å²) in [5, 5.41) is 0. The molecule has 32 heavy (non-hydrogen) atoms. The number of anilines is 2. The standard InChI is InChI=1S/C27H27BrF2N2/c28-22-10-8-21(9-11-22)26-7-4-14-32(26)23-17-24(29)27(25(30)18-23)31-15-12-20(13-16-31)19-5-2-1-3-6-19/h1-3,5-6,8-11,17-18,20,26H,4,7,12-16H2/t26-/m1/s1. The topological polar surface area (TPSA) is 6.48 Å². The highest BCUT2D eigenvalue weighted by Crippen LogP contribution is 2.40. The molecule has 2 fully saturated rings. The smallest absolute Gasteiger partial charge is 0.151 e. The maximum absolute atomic E-state index is 15.2. The van der Waals surface area contributed by atoms with Crippen molar-refractivity contribution in [2.75, 3.05) is 29.4 Å². The van der Waals surface area contributed by atoms with Crippen LogP contribution in [0.15, 0.2) is 71.2 Å². The van der Waals surface area contributed by atoms with Crippen molar-refractivity contribution in [2.24, 2.45) is 0 Å². The highest BCUT2D eigenvalue weighted by atomic mass is 79.9. The number of hydrogen-bond acceptors (Lipinski definition) is 2. The van der Waals surface area contributed by atoms with Crippen molar-refractivity contribution < 1.29 is 8.78 Å². The quantitative estimate of drug-likeness (QED) is 0.369. The van der Waals surface area contributed by atoms with E-state index in [1.54, 1.807) is 0 Å². The molecule has 3 aromatic rings. The predicted molar refractivity (Wildman–Crippen MR) is 130 cm³/mol. The number of halogens is 3. The number of hydrogen-bond donors (Lipinski definition) is 0. The number of benzene rings is 3. The van der Waals surface area contributed by atoms with E-state index in [1.807, 2.05) is 23.1 Å². The van der Waals surface area contributed by atoms with E-state index in [2.05, 4.69) is 57.2 Å². The minimum absolute atomic E-state index is 0.125. The number of nitrogens with zero attached hydrogens (tertiary/aromatic N) is 2. The summed E-state index contributed by atoms with van der Waals surface area (Å²) in [7, 11) is 0. The first-order valence-electron chi connectivity index (χ1n) is 11.4. The molecule has 0 aliphatic carbocycles. The molecule has 1 atom stereocenters. The highest BCUT2D eigenvalue weighted by Gasteiger charge is 2.30. The van der Waals surface area contributed by atoms with Crippen LogP contribution < -0.4 is 9.80 Å². The summed E-state index contributed by atoms with van der Waals surface area (Å²) in [5.41, 5.74) is 3.25. The van der Waals surface area contributed by atoms with Crippen molar-refractivity contribution in [1.82, 2.24) is 0 Å². The second-order valence-electron chi connectivity index (χ2n) is 8.83. The monoisotopic (exact) mass is 496 g/mol. The van der Waals surface area contributed by atoms with E-state index < -0.39 is 11.6 Å². The lowest BCUT2D eigenvalue weighted by molar-refractivity contribution is 0.486. The predicted octanol–water partition coefficient (Wildman–Crippen LogP) is 7.45. The molecule has 0 aromatic heterocycles. The van der Waals surface area contributed by atoms with Gasteiger partial charge in [-0.05, 0) is 67.0 Å². The lowest BCUT2D eigenvalue weighted by atomic mass is 9.89. The molecule has 0 spiro atoms. The Morgan fingerprint density at radius 2 is 1.41 bits per heavy atom. The van der Waals surface area contributed by atoms with Gasteiger partial charge < -0.3 is 9.80 Å². The molecule has 166 valence electrons. The molecule has 0 N–H and O–H groups in total. The van der Waals surface area contributed by atoms with Gasteiger partial charge in [0.2, 0.25) is 0 Å². The first-order chi connectivity index (χ1) is 15.6. The second-order valence-corrected chi connectivity index (χ2v) is 9.75. The molecule has 0 radical (unpaired) electrons. The van der Waals surface area contributed by atoms with Crippen molar-refractivity contribution in [3.8, 4) is 0 Å². The maximum atomic E-state index is 15.2. The van der Waals surface area contributed by atoms with E-state index in [-0.39, 0.29) is 11.7 Å². The molecular formula is C27H27BrF2N2. The fraction of sp³-hybridized carbons (Fsp3) is 0.333. The van der Waals surface area contributed by atoms with Crippen LogP contribution in [0.3, 0.4) is 0 Å².